The molecule has 2 amide bonds. The number of carbonyl (C=O) groups is 2. The van der Waals surface area contributed by atoms with Gasteiger partial charge >= 0.3 is 5.91 Å². The first-order valence-corrected chi connectivity index (χ1v) is 5.36. The Morgan fingerprint density at radius 1 is 0.944 bits per heavy atom. The molecule has 0 saturated carbocycles. The summed E-state index contributed by atoms with van der Waals surface area (Å²) in [4.78, 5) is 25.2. The van der Waals surface area contributed by atoms with Gasteiger partial charge in [0.25, 0.3) is 11.6 Å². The molecule has 0 atom stereocenters. The number of aromatic nitrogens is 1. The maximum absolute atomic E-state index is 12.1. The van der Waals surface area contributed by atoms with E-state index < -0.39 is 11.8 Å². The normalized spacial score (nSPS) is 13.9. The molecule has 1 aliphatic rings. The second kappa shape index (κ2) is 3.66. The van der Waals surface area contributed by atoms with Crippen LogP contribution in [0.25, 0.3) is 0 Å². The van der Waals surface area contributed by atoms with Crippen LogP contribution < -0.4 is 9.63 Å². The van der Waals surface area contributed by atoms with Gasteiger partial charge in [-0.25, -0.2) is 4.90 Å². The van der Waals surface area contributed by atoms with Gasteiger partial charge in [0, 0.05) is 6.07 Å². The molecule has 5 nitrogen and oxygen atoms in total. The number of amides is 2. The second-order valence-corrected chi connectivity index (χ2v) is 3.88. The van der Waals surface area contributed by atoms with Gasteiger partial charge in [0.2, 0.25) is 0 Å². The number of carbonyl (C=O) groups excluding carboxylic acids is 2. The van der Waals surface area contributed by atoms with Crippen LogP contribution in [-0.4, -0.2) is 11.8 Å². The molecule has 2 heterocycles. The molecule has 18 heavy (non-hydrogen) atoms. The van der Waals surface area contributed by atoms with Gasteiger partial charge in [-0.05, 0) is 18.2 Å². The molecule has 0 radical (unpaired) electrons. The average molecular weight is 240 g/mol. The number of hydrogen-bond donors (Lipinski definition) is 0. The fourth-order valence-corrected chi connectivity index (χ4v) is 2.00. The molecule has 0 bridgehead atoms. The molecule has 3 rings (SSSR count). The lowest BCUT2D eigenvalue weighted by Crippen LogP contribution is -2.37. The van der Waals surface area contributed by atoms with E-state index in [0.29, 0.717) is 10.4 Å². The number of rotatable bonds is 1. The molecule has 2 aromatic rings. The van der Waals surface area contributed by atoms with Crippen LogP contribution in [-0.2, 0) is 0 Å². The van der Waals surface area contributed by atoms with E-state index in [1.807, 2.05) is 0 Å². The zero-order valence-electron chi connectivity index (χ0n) is 9.24. The third kappa shape index (κ3) is 1.31. The summed E-state index contributed by atoms with van der Waals surface area (Å²) < 4.78 is 0.429. The Morgan fingerprint density at radius 3 is 2.33 bits per heavy atom. The van der Waals surface area contributed by atoms with Crippen molar-refractivity contribution < 1.29 is 14.3 Å². The summed E-state index contributed by atoms with van der Waals surface area (Å²) in [7, 11) is 0. The lowest BCUT2D eigenvalue weighted by atomic mass is 10.2. The number of anilines is 1. The Kier molecular flexibility index (Phi) is 2.13. The summed E-state index contributed by atoms with van der Waals surface area (Å²) >= 11 is 0. The number of hydrogen-bond acceptors (Lipinski definition) is 3. The summed E-state index contributed by atoms with van der Waals surface area (Å²) in [6.07, 6.45) is 1.21. The second-order valence-electron chi connectivity index (χ2n) is 3.88. The van der Waals surface area contributed by atoms with Crippen LogP contribution in [0.3, 0.4) is 0 Å². The largest absolute Gasteiger partial charge is 0.618 e. The summed E-state index contributed by atoms with van der Waals surface area (Å²) in [6.45, 7) is 0. The third-order valence-electron chi connectivity index (χ3n) is 2.81. The SMILES string of the molecule is O=C1c2ccc[n+]([O-])c2C(=O)N1c1ccccc1. The van der Waals surface area contributed by atoms with Crippen molar-refractivity contribution in [1.82, 2.24) is 0 Å². The molecule has 0 saturated heterocycles. The molecular formula is C13H8N2O3. The predicted octanol–water partition coefficient (Wildman–Crippen LogP) is 1.12. The van der Waals surface area contributed by atoms with Gasteiger partial charge < -0.3 is 5.21 Å². The van der Waals surface area contributed by atoms with Crippen molar-refractivity contribution in [2.75, 3.05) is 4.90 Å². The maximum Gasteiger partial charge on any atom is 0.332 e. The van der Waals surface area contributed by atoms with Crippen LogP contribution in [0.15, 0.2) is 48.7 Å². The van der Waals surface area contributed by atoms with Crippen molar-refractivity contribution in [3.63, 3.8) is 0 Å². The Balaban J connectivity index is 2.17. The molecule has 0 unspecified atom stereocenters. The highest BCUT2D eigenvalue weighted by Gasteiger charge is 2.42. The molecule has 5 heteroatoms. The van der Waals surface area contributed by atoms with Crippen molar-refractivity contribution in [3.8, 4) is 0 Å². The van der Waals surface area contributed by atoms with Crippen LogP contribution in [0.2, 0.25) is 0 Å². The van der Waals surface area contributed by atoms with Crippen molar-refractivity contribution in [3.05, 3.63) is 65.1 Å². The monoisotopic (exact) mass is 240 g/mol. The Hall–Kier alpha value is -2.69. The van der Waals surface area contributed by atoms with Gasteiger partial charge in [0.1, 0.15) is 5.56 Å². The Labute approximate surface area is 102 Å². The minimum Gasteiger partial charge on any atom is -0.618 e. The maximum atomic E-state index is 12.1. The zero-order chi connectivity index (χ0) is 12.7. The highest BCUT2D eigenvalue weighted by molar-refractivity contribution is 6.33. The van der Waals surface area contributed by atoms with Crippen molar-refractivity contribution in [2.24, 2.45) is 0 Å². The third-order valence-corrected chi connectivity index (χ3v) is 2.81. The smallest absolute Gasteiger partial charge is 0.332 e. The van der Waals surface area contributed by atoms with Crippen molar-refractivity contribution >= 4 is 17.5 Å². The minimum atomic E-state index is -0.586. The van der Waals surface area contributed by atoms with E-state index in [4.69, 9.17) is 0 Å². The molecule has 0 aliphatic carbocycles. The number of benzene rings is 1. The van der Waals surface area contributed by atoms with Gasteiger partial charge in [0.15, 0.2) is 6.20 Å². The number of para-hydroxylation sites is 1. The van der Waals surface area contributed by atoms with Crippen LogP contribution in [0.4, 0.5) is 5.69 Å². The lowest BCUT2D eigenvalue weighted by Gasteiger charge is -2.11. The van der Waals surface area contributed by atoms with Gasteiger partial charge in [-0.3, -0.25) is 9.59 Å². The van der Waals surface area contributed by atoms with Gasteiger partial charge in [-0.1, -0.05) is 18.2 Å². The first kappa shape index (κ1) is 10.5. The van der Waals surface area contributed by atoms with E-state index in [1.165, 1.54) is 18.3 Å². The minimum absolute atomic E-state index is 0.119. The standard InChI is InChI=1S/C13H8N2O3/c16-12-10-7-4-8-14(18)11(10)13(17)15(12)9-5-2-1-3-6-9/h1-8H. The number of imide groups is 1. The van der Waals surface area contributed by atoms with E-state index >= 15 is 0 Å². The van der Waals surface area contributed by atoms with Crippen LogP contribution in [0, 0.1) is 5.21 Å². The van der Waals surface area contributed by atoms with E-state index in [9.17, 15) is 14.8 Å². The zero-order valence-corrected chi connectivity index (χ0v) is 9.24. The highest BCUT2D eigenvalue weighted by atomic mass is 16.5. The predicted molar refractivity (Wildman–Crippen MR) is 63.0 cm³/mol. The number of fused-ring (bicyclic) bond motifs is 1. The lowest BCUT2D eigenvalue weighted by molar-refractivity contribution is -0.607. The Bertz CT molecular complexity index is 653. The van der Waals surface area contributed by atoms with Gasteiger partial charge in [-0.15, -0.1) is 0 Å². The average Bonchev–Trinajstić information content (AvgIpc) is 2.64. The number of nitrogens with zero attached hydrogens (tertiary/aromatic N) is 2. The van der Waals surface area contributed by atoms with Crippen LogP contribution in [0.5, 0.6) is 0 Å². The first-order valence-electron chi connectivity index (χ1n) is 5.36. The summed E-state index contributed by atoms with van der Waals surface area (Å²) in [5.74, 6) is -1.05. The molecule has 1 aliphatic heterocycles. The fourth-order valence-electron chi connectivity index (χ4n) is 2.00. The molecule has 0 N–H and O–H groups in total. The van der Waals surface area contributed by atoms with Gasteiger partial charge in [-0.2, -0.15) is 4.73 Å². The van der Waals surface area contributed by atoms with E-state index in [0.717, 1.165) is 4.90 Å². The summed E-state index contributed by atoms with van der Waals surface area (Å²) in [5.41, 5.74) is 0.483. The molecular weight excluding hydrogens is 232 g/mol. The van der Waals surface area contributed by atoms with E-state index in [1.54, 1.807) is 30.3 Å². The fraction of sp³-hybridized carbons (Fsp3) is 0. The van der Waals surface area contributed by atoms with E-state index in [2.05, 4.69) is 0 Å². The Morgan fingerprint density at radius 2 is 1.67 bits per heavy atom. The first-order chi connectivity index (χ1) is 8.70. The van der Waals surface area contributed by atoms with Crippen LogP contribution in [0.1, 0.15) is 20.8 Å². The molecule has 1 aromatic carbocycles. The molecule has 1 aromatic heterocycles. The summed E-state index contributed by atoms with van der Waals surface area (Å²) in [5, 5.41) is 11.6. The van der Waals surface area contributed by atoms with Crippen LogP contribution >= 0.6 is 0 Å². The number of pyridine rings is 1. The van der Waals surface area contributed by atoms with Crippen molar-refractivity contribution in [1.29, 1.82) is 0 Å². The van der Waals surface area contributed by atoms with E-state index in [-0.39, 0.29) is 11.3 Å². The molecule has 0 spiro atoms. The topological polar surface area (TPSA) is 64.3 Å². The van der Waals surface area contributed by atoms with Crippen molar-refractivity contribution in [2.45, 2.75) is 0 Å². The highest BCUT2D eigenvalue weighted by Crippen LogP contribution is 2.25. The summed E-state index contributed by atoms with van der Waals surface area (Å²) in [6, 6.07) is 11.5. The molecule has 88 valence electrons. The van der Waals surface area contributed by atoms with Gasteiger partial charge in [0.05, 0.1) is 5.69 Å². The quantitative estimate of drug-likeness (QED) is 0.426. The molecule has 0 fully saturated rings.